The molecule has 2 aromatic heterocycles. The standard InChI is InChI=1S/C20H19N3O7/c1-22-17(21)16(18(25)23(2)20(22)27)14(24)11-29-19(26)15-9-8-13(30-15)10-28-12-6-4-3-5-7-12/h3-9H,10-11,21H2,1-2H3. The maximum absolute atomic E-state index is 12.4. The topological polar surface area (TPSA) is 136 Å². The summed E-state index contributed by atoms with van der Waals surface area (Å²) in [5.74, 6) is -1.14. The van der Waals surface area contributed by atoms with Gasteiger partial charge in [0.1, 0.15) is 29.5 Å². The van der Waals surface area contributed by atoms with Crippen molar-refractivity contribution < 1.29 is 23.5 Å². The van der Waals surface area contributed by atoms with E-state index in [1.54, 1.807) is 18.2 Å². The Morgan fingerprint density at radius 3 is 2.43 bits per heavy atom. The maximum Gasteiger partial charge on any atom is 0.374 e. The zero-order valence-corrected chi connectivity index (χ0v) is 16.3. The van der Waals surface area contributed by atoms with Crippen LogP contribution in [0.3, 0.4) is 0 Å². The van der Waals surface area contributed by atoms with E-state index in [1.165, 1.54) is 20.2 Å². The number of ketones is 1. The Morgan fingerprint density at radius 2 is 1.73 bits per heavy atom. The monoisotopic (exact) mass is 413 g/mol. The molecule has 1 aromatic carbocycles. The Balaban J connectivity index is 1.64. The molecule has 0 fully saturated rings. The van der Waals surface area contributed by atoms with Gasteiger partial charge in [0, 0.05) is 14.1 Å². The Hall–Kier alpha value is -4.08. The summed E-state index contributed by atoms with van der Waals surface area (Å²) in [5, 5.41) is 0. The molecule has 156 valence electrons. The van der Waals surface area contributed by atoms with E-state index in [2.05, 4.69) is 0 Å². The second-order valence-corrected chi connectivity index (χ2v) is 6.33. The number of rotatable bonds is 7. The van der Waals surface area contributed by atoms with Crippen LogP contribution in [0.1, 0.15) is 26.7 Å². The van der Waals surface area contributed by atoms with Crippen molar-refractivity contribution in [3.63, 3.8) is 0 Å². The number of para-hydroxylation sites is 1. The molecule has 0 aliphatic rings. The van der Waals surface area contributed by atoms with Crippen molar-refractivity contribution >= 4 is 17.6 Å². The number of hydrogen-bond donors (Lipinski definition) is 1. The van der Waals surface area contributed by atoms with E-state index in [0.717, 1.165) is 9.13 Å². The van der Waals surface area contributed by atoms with Crippen LogP contribution in [-0.2, 0) is 25.4 Å². The van der Waals surface area contributed by atoms with E-state index in [4.69, 9.17) is 19.6 Å². The molecule has 3 aromatic rings. The van der Waals surface area contributed by atoms with E-state index in [1.807, 2.05) is 18.2 Å². The third-order valence-electron chi connectivity index (χ3n) is 4.31. The zero-order valence-electron chi connectivity index (χ0n) is 16.3. The van der Waals surface area contributed by atoms with Crippen molar-refractivity contribution in [2.75, 3.05) is 12.3 Å². The second kappa shape index (κ2) is 8.52. The number of nitrogen functional groups attached to an aromatic ring is 1. The summed E-state index contributed by atoms with van der Waals surface area (Å²) in [4.78, 5) is 48.5. The molecule has 0 aliphatic heterocycles. The molecule has 0 saturated carbocycles. The first-order valence-electron chi connectivity index (χ1n) is 8.82. The Kier molecular flexibility index (Phi) is 5.86. The fourth-order valence-electron chi connectivity index (χ4n) is 2.63. The Bertz CT molecular complexity index is 1210. The molecule has 10 nitrogen and oxygen atoms in total. The number of anilines is 1. The fourth-order valence-corrected chi connectivity index (χ4v) is 2.63. The lowest BCUT2D eigenvalue weighted by Crippen LogP contribution is -2.42. The van der Waals surface area contributed by atoms with Crippen LogP contribution in [0.2, 0.25) is 0 Å². The SMILES string of the molecule is Cn1c(N)c(C(=O)COC(=O)c2ccc(COc3ccccc3)o2)c(=O)n(C)c1=O. The molecule has 3 rings (SSSR count). The maximum atomic E-state index is 12.4. The summed E-state index contributed by atoms with van der Waals surface area (Å²) in [6, 6.07) is 12.0. The molecule has 2 N–H and O–H groups in total. The summed E-state index contributed by atoms with van der Waals surface area (Å²) >= 11 is 0. The lowest BCUT2D eigenvalue weighted by Gasteiger charge is -2.10. The Labute approximate surface area is 170 Å². The van der Waals surface area contributed by atoms with Gasteiger partial charge in [-0.25, -0.2) is 9.59 Å². The van der Waals surface area contributed by atoms with Gasteiger partial charge in [-0.15, -0.1) is 0 Å². The second-order valence-electron chi connectivity index (χ2n) is 6.33. The number of nitrogens with two attached hydrogens (primary N) is 1. The molecule has 0 spiro atoms. The van der Waals surface area contributed by atoms with Gasteiger partial charge < -0.3 is 19.6 Å². The van der Waals surface area contributed by atoms with E-state index in [0.29, 0.717) is 11.5 Å². The number of furan rings is 1. The van der Waals surface area contributed by atoms with Gasteiger partial charge in [0.15, 0.2) is 6.61 Å². The normalized spacial score (nSPS) is 10.6. The van der Waals surface area contributed by atoms with Crippen LogP contribution in [0.15, 0.2) is 56.5 Å². The van der Waals surface area contributed by atoms with Crippen LogP contribution in [0.25, 0.3) is 0 Å². The van der Waals surface area contributed by atoms with E-state index in [9.17, 15) is 19.2 Å². The number of benzene rings is 1. The van der Waals surface area contributed by atoms with Gasteiger partial charge in [-0.05, 0) is 24.3 Å². The number of Topliss-reactive ketones (excluding diaryl/α,β-unsaturated/α-hetero) is 1. The van der Waals surface area contributed by atoms with Gasteiger partial charge in [0.25, 0.3) is 5.56 Å². The van der Waals surface area contributed by atoms with Crippen LogP contribution in [0.5, 0.6) is 5.75 Å². The Morgan fingerprint density at radius 1 is 1.03 bits per heavy atom. The summed E-state index contributed by atoms with van der Waals surface area (Å²) in [5.41, 5.74) is 3.75. The largest absolute Gasteiger partial charge is 0.486 e. The summed E-state index contributed by atoms with van der Waals surface area (Å²) in [6.07, 6.45) is 0. The van der Waals surface area contributed by atoms with Gasteiger partial charge in [-0.2, -0.15) is 0 Å². The lowest BCUT2D eigenvalue weighted by molar-refractivity contribution is 0.0440. The number of hydrogen-bond acceptors (Lipinski definition) is 8. The fraction of sp³-hybridized carbons (Fsp3) is 0.200. The summed E-state index contributed by atoms with van der Waals surface area (Å²) in [7, 11) is 2.54. The minimum absolute atomic E-state index is 0.0981. The third-order valence-corrected chi connectivity index (χ3v) is 4.31. The number of aromatic nitrogens is 2. The predicted octanol–water partition coefficient (Wildman–Crippen LogP) is 0.878. The number of carbonyl (C=O) groups is 2. The van der Waals surface area contributed by atoms with Gasteiger partial charge in [-0.3, -0.25) is 18.7 Å². The van der Waals surface area contributed by atoms with Crippen LogP contribution in [0, 0.1) is 0 Å². The summed E-state index contributed by atoms with van der Waals surface area (Å²) in [6.45, 7) is -0.645. The first-order valence-corrected chi connectivity index (χ1v) is 8.82. The highest BCUT2D eigenvalue weighted by Gasteiger charge is 2.22. The average Bonchev–Trinajstić information content (AvgIpc) is 3.23. The molecule has 0 unspecified atom stereocenters. The molecule has 2 heterocycles. The first kappa shape index (κ1) is 20.6. The highest BCUT2D eigenvalue weighted by molar-refractivity contribution is 6.01. The van der Waals surface area contributed by atoms with Crippen molar-refractivity contribution in [1.82, 2.24) is 9.13 Å². The van der Waals surface area contributed by atoms with E-state index in [-0.39, 0.29) is 18.2 Å². The molecule has 30 heavy (non-hydrogen) atoms. The van der Waals surface area contributed by atoms with Gasteiger partial charge in [0.2, 0.25) is 11.5 Å². The highest BCUT2D eigenvalue weighted by Crippen LogP contribution is 2.15. The van der Waals surface area contributed by atoms with Crippen molar-refractivity contribution in [1.29, 1.82) is 0 Å². The molecular weight excluding hydrogens is 394 g/mol. The smallest absolute Gasteiger partial charge is 0.374 e. The molecule has 0 atom stereocenters. The van der Waals surface area contributed by atoms with Crippen LogP contribution in [0.4, 0.5) is 5.82 Å². The number of ether oxygens (including phenoxy) is 2. The third kappa shape index (κ3) is 4.17. The van der Waals surface area contributed by atoms with Gasteiger partial charge >= 0.3 is 11.7 Å². The molecule has 0 saturated heterocycles. The van der Waals surface area contributed by atoms with Crippen molar-refractivity contribution in [2.24, 2.45) is 14.1 Å². The quantitative estimate of drug-likeness (QED) is 0.445. The molecule has 0 radical (unpaired) electrons. The minimum atomic E-state index is -0.894. The van der Waals surface area contributed by atoms with E-state index < -0.39 is 35.2 Å². The molecule has 0 bridgehead atoms. The predicted molar refractivity (Wildman–Crippen MR) is 105 cm³/mol. The first-order chi connectivity index (χ1) is 14.3. The number of nitrogens with zero attached hydrogens (tertiary/aromatic N) is 2. The van der Waals surface area contributed by atoms with Gasteiger partial charge in [-0.1, -0.05) is 18.2 Å². The van der Waals surface area contributed by atoms with Crippen LogP contribution < -0.4 is 21.7 Å². The molecule has 0 amide bonds. The van der Waals surface area contributed by atoms with Crippen molar-refractivity contribution in [2.45, 2.75) is 6.61 Å². The highest BCUT2D eigenvalue weighted by atomic mass is 16.5. The lowest BCUT2D eigenvalue weighted by atomic mass is 10.2. The minimum Gasteiger partial charge on any atom is -0.486 e. The van der Waals surface area contributed by atoms with Crippen molar-refractivity contribution in [3.8, 4) is 5.75 Å². The van der Waals surface area contributed by atoms with Crippen LogP contribution >= 0.6 is 0 Å². The average molecular weight is 413 g/mol. The summed E-state index contributed by atoms with van der Waals surface area (Å²) < 4.78 is 17.5. The molecule has 0 aliphatic carbocycles. The van der Waals surface area contributed by atoms with Gasteiger partial charge in [0.05, 0.1) is 0 Å². The van der Waals surface area contributed by atoms with Crippen LogP contribution in [-0.4, -0.2) is 27.5 Å². The molecule has 10 heteroatoms. The van der Waals surface area contributed by atoms with E-state index >= 15 is 0 Å². The van der Waals surface area contributed by atoms with Crippen molar-refractivity contribution in [3.05, 3.63) is 80.4 Å². The number of carbonyl (C=O) groups excluding carboxylic acids is 2. The molecular formula is C20H19N3O7. The zero-order chi connectivity index (χ0) is 21.8. The number of esters is 1.